The van der Waals surface area contributed by atoms with E-state index >= 15 is 0 Å². The van der Waals surface area contributed by atoms with E-state index in [9.17, 15) is 23.3 Å². The number of benzene rings is 1. The van der Waals surface area contributed by atoms with Gasteiger partial charge >= 0.3 is 5.88 Å². The van der Waals surface area contributed by atoms with E-state index in [0.717, 1.165) is 12.3 Å². The lowest BCUT2D eigenvalue weighted by Crippen LogP contribution is -2.23. The van der Waals surface area contributed by atoms with E-state index in [4.69, 9.17) is 9.56 Å². The fraction of sp³-hybridized carbons (Fsp3) is 0. The average molecular weight is 338 g/mol. The van der Waals surface area contributed by atoms with Crippen molar-refractivity contribution in [1.29, 1.82) is 0 Å². The minimum atomic E-state index is -4.07. The van der Waals surface area contributed by atoms with Gasteiger partial charge in [-0.15, -0.1) is 0 Å². The number of carbonyl (C=O) groups excluding carboxylic acids is 1. The maximum atomic E-state index is 11.9. The third kappa shape index (κ3) is 3.99. The molecule has 0 spiro atoms. The molecule has 0 fully saturated rings. The molecule has 3 N–H and O–H groups in total. The van der Waals surface area contributed by atoms with Crippen molar-refractivity contribution in [2.75, 3.05) is 0 Å². The molecule has 0 radical (unpaired) electrons. The molecule has 10 nitrogen and oxygen atoms in total. The summed E-state index contributed by atoms with van der Waals surface area (Å²) in [5.74, 6) is -1.25. The molecular formula is C12H10N4O6S. The number of nitrogens with zero attached hydrogens (tertiary/aromatic N) is 2. The molecule has 1 heterocycles. The van der Waals surface area contributed by atoms with Crippen LogP contribution in [0.1, 0.15) is 16.1 Å². The molecule has 1 amide bonds. The van der Waals surface area contributed by atoms with E-state index < -0.39 is 26.7 Å². The zero-order valence-corrected chi connectivity index (χ0v) is 12.2. The Hall–Kier alpha value is -3.05. The van der Waals surface area contributed by atoms with Crippen LogP contribution >= 0.6 is 0 Å². The Labute approximate surface area is 129 Å². The number of hydrogen-bond donors (Lipinski definition) is 2. The topological polar surface area (TPSA) is 158 Å². The first-order valence-electron chi connectivity index (χ1n) is 5.98. The van der Waals surface area contributed by atoms with E-state index in [-0.39, 0.29) is 16.2 Å². The molecule has 23 heavy (non-hydrogen) atoms. The second-order valence-electron chi connectivity index (χ2n) is 4.17. The molecule has 120 valence electrons. The van der Waals surface area contributed by atoms with Crippen molar-refractivity contribution >= 4 is 28.0 Å². The predicted octanol–water partition coefficient (Wildman–Crippen LogP) is 0.599. The largest absolute Gasteiger partial charge is 0.433 e. The van der Waals surface area contributed by atoms with E-state index in [1.54, 1.807) is 0 Å². The maximum absolute atomic E-state index is 11.9. The van der Waals surface area contributed by atoms with Crippen LogP contribution in [0.5, 0.6) is 0 Å². The van der Waals surface area contributed by atoms with Crippen molar-refractivity contribution in [3.8, 4) is 0 Å². The Balaban J connectivity index is 2.14. The minimum absolute atomic E-state index is 0.0386. The van der Waals surface area contributed by atoms with Gasteiger partial charge in [0, 0.05) is 0 Å². The monoisotopic (exact) mass is 338 g/mol. The summed E-state index contributed by atoms with van der Waals surface area (Å²) in [6.45, 7) is 0. The third-order valence-electron chi connectivity index (χ3n) is 2.59. The van der Waals surface area contributed by atoms with Crippen molar-refractivity contribution in [1.82, 2.24) is 5.43 Å². The van der Waals surface area contributed by atoms with Gasteiger partial charge in [-0.3, -0.25) is 14.9 Å². The van der Waals surface area contributed by atoms with Gasteiger partial charge in [0.15, 0.2) is 5.76 Å². The maximum Gasteiger partial charge on any atom is 0.433 e. The highest BCUT2D eigenvalue weighted by molar-refractivity contribution is 7.89. The molecule has 0 saturated heterocycles. The van der Waals surface area contributed by atoms with Crippen molar-refractivity contribution in [3.05, 3.63) is 57.8 Å². The van der Waals surface area contributed by atoms with Gasteiger partial charge in [0.25, 0.3) is 5.91 Å². The molecule has 0 aliphatic carbocycles. The first-order chi connectivity index (χ1) is 10.8. The number of primary sulfonamides is 1. The SMILES string of the molecule is NS(=O)(=O)c1ccccc1C(=O)N/N=C\c1ccc([N+](=O)[O-])o1. The Morgan fingerprint density at radius 1 is 1.30 bits per heavy atom. The van der Waals surface area contributed by atoms with Crippen molar-refractivity contribution < 1.29 is 22.6 Å². The summed E-state index contributed by atoms with van der Waals surface area (Å²) in [7, 11) is -4.07. The number of furan rings is 1. The van der Waals surface area contributed by atoms with Crippen LogP contribution in [-0.2, 0) is 10.0 Å². The summed E-state index contributed by atoms with van der Waals surface area (Å²) in [6, 6.07) is 7.74. The normalized spacial score (nSPS) is 11.5. The van der Waals surface area contributed by atoms with Crippen LogP contribution in [0, 0.1) is 10.1 Å². The summed E-state index contributed by atoms with van der Waals surface area (Å²) in [4.78, 5) is 21.3. The van der Waals surface area contributed by atoms with Crippen LogP contribution in [-0.4, -0.2) is 25.5 Å². The number of nitro groups is 1. The van der Waals surface area contributed by atoms with E-state index in [1.165, 1.54) is 30.3 Å². The molecule has 2 aromatic rings. The zero-order chi connectivity index (χ0) is 17.0. The second kappa shape index (κ2) is 6.37. The Kier molecular flexibility index (Phi) is 4.52. The first kappa shape index (κ1) is 16.3. The quantitative estimate of drug-likeness (QED) is 0.461. The Morgan fingerprint density at radius 3 is 2.61 bits per heavy atom. The van der Waals surface area contributed by atoms with Gasteiger partial charge in [-0.1, -0.05) is 12.1 Å². The molecule has 0 aliphatic rings. The third-order valence-corrected chi connectivity index (χ3v) is 3.56. The lowest BCUT2D eigenvalue weighted by atomic mass is 10.2. The fourth-order valence-corrected chi connectivity index (χ4v) is 2.36. The van der Waals surface area contributed by atoms with E-state index in [2.05, 4.69) is 10.5 Å². The number of sulfonamides is 1. The number of carbonyl (C=O) groups is 1. The highest BCUT2D eigenvalue weighted by Gasteiger charge is 2.18. The van der Waals surface area contributed by atoms with Gasteiger partial charge in [0.1, 0.15) is 4.92 Å². The molecule has 0 bridgehead atoms. The first-order valence-corrected chi connectivity index (χ1v) is 7.53. The molecule has 0 saturated carbocycles. The second-order valence-corrected chi connectivity index (χ2v) is 5.70. The summed E-state index contributed by atoms with van der Waals surface area (Å²) >= 11 is 0. The average Bonchev–Trinajstić information content (AvgIpc) is 2.95. The van der Waals surface area contributed by atoms with Crippen molar-refractivity contribution in [3.63, 3.8) is 0 Å². The van der Waals surface area contributed by atoms with E-state index in [0.29, 0.717) is 0 Å². The van der Waals surface area contributed by atoms with Gasteiger partial charge in [0.05, 0.1) is 22.7 Å². The van der Waals surface area contributed by atoms with Crippen LogP contribution < -0.4 is 10.6 Å². The summed E-state index contributed by atoms with van der Waals surface area (Å²) in [5.41, 5.74) is 1.90. The molecule has 0 atom stereocenters. The van der Waals surface area contributed by atoms with Crippen LogP contribution in [0.15, 0.2) is 50.8 Å². The Bertz CT molecular complexity index is 886. The highest BCUT2D eigenvalue weighted by atomic mass is 32.2. The minimum Gasteiger partial charge on any atom is -0.400 e. The molecule has 2 rings (SSSR count). The Morgan fingerprint density at radius 2 is 2.00 bits per heavy atom. The standard InChI is InChI=1S/C12H10N4O6S/c13-23(20,21)10-4-2-1-3-9(10)12(17)15-14-7-8-5-6-11(22-8)16(18)19/h1-7H,(H,15,17)(H2,13,20,21)/b14-7-. The van der Waals surface area contributed by atoms with Crippen LogP contribution in [0.4, 0.5) is 5.88 Å². The number of hydrogen-bond acceptors (Lipinski definition) is 7. The molecule has 1 aromatic heterocycles. The molecular weight excluding hydrogens is 328 g/mol. The number of nitrogens with two attached hydrogens (primary N) is 1. The van der Waals surface area contributed by atoms with Gasteiger partial charge in [-0.25, -0.2) is 19.0 Å². The summed E-state index contributed by atoms with van der Waals surface area (Å²) in [6.07, 6.45) is 1.03. The van der Waals surface area contributed by atoms with Crippen molar-refractivity contribution in [2.45, 2.75) is 4.90 Å². The van der Waals surface area contributed by atoms with Crippen molar-refractivity contribution in [2.24, 2.45) is 10.2 Å². The molecule has 11 heteroatoms. The van der Waals surface area contributed by atoms with Gasteiger partial charge in [-0.2, -0.15) is 5.10 Å². The van der Waals surface area contributed by atoms with Gasteiger partial charge in [0.2, 0.25) is 10.0 Å². The molecule has 0 aliphatic heterocycles. The zero-order valence-electron chi connectivity index (χ0n) is 11.4. The van der Waals surface area contributed by atoms with Gasteiger partial charge < -0.3 is 4.42 Å². The summed E-state index contributed by atoms with van der Waals surface area (Å²) < 4.78 is 27.6. The fourth-order valence-electron chi connectivity index (χ4n) is 1.63. The number of nitrogens with one attached hydrogen (secondary N) is 1. The number of hydrazone groups is 1. The lowest BCUT2D eigenvalue weighted by molar-refractivity contribution is -0.402. The van der Waals surface area contributed by atoms with E-state index in [1.807, 2.05) is 0 Å². The highest BCUT2D eigenvalue weighted by Crippen LogP contribution is 2.14. The lowest BCUT2D eigenvalue weighted by Gasteiger charge is -2.05. The van der Waals surface area contributed by atoms with Gasteiger partial charge in [-0.05, 0) is 18.2 Å². The number of rotatable bonds is 5. The number of amides is 1. The van der Waals surface area contributed by atoms with Crippen LogP contribution in [0.3, 0.4) is 0 Å². The molecule has 0 unspecified atom stereocenters. The predicted molar refractivity (Wildman–Crippen MR) is 78.2 cm³/mol. The van der Waals surface area contributed by atoms with Crippen LogP contribution in [0.2, 0.25) is 0 Å². The smallest absolute Gasteiger partial charge is 0.400 e. The van der Waals surface area contributed by atoms with Crippen LogP contribution in [0.25, 0.3) is 0 Å². The molecule has 1 aromatic carbocycles. The summed E-state index contributed by atoms with van der Waals surface area (Å²) in [5, 5.41) is 19.0.